The van der Waals surface area contributed by atoms with Gasteiger partial charge in [-0.25, -0.2) is 0 Å². The zero-order valence-corrected chi connectivity index (χ0v) is 30.9. The molecule has 1 aliphatic carbocycles. The molecule has 0 aliphatic heterocycles. The lowest BCUT2D eigenvalue weighted by atomic mass is 9.98. The smallest absolute Gasteiger partial charge is 0.0541 e. The number of aromatic nitrogens is 2. The van der Waals surface area contributed by atoms with Crippen molar-refractivity contribution >= 4 is 38.8 Å². The Morgan fingerprint density at radius 2 is 0.911 bits per heavy atom. The summed E-state index contributed by atoms with van der Waals surface area (Å²) in [5.74, 6) is 0. The molecule has 0 atom stereocenters. The largest absolute Gasteiger partial charge is 0.313 e. The summed E-state index contributed by atoms with van der Waals surface area (Å²) in [5, 5.41) is 3.81. The summed E-state index contributed by atoms with van der Waals surface area (Å²) in [7, 11) is 0. The van der Waals surface area contributed by atoms with Crippen LogP contribution in [0.2, 0.25) is 0 Å². The highest BCUT2D eigenvalue weighted by Gasteiger charge is 2.21. The van der Waals surface area contributed by atoms with Gasteiger partial charge in [-0.1, -0.05) is 158 Å². The number of hydrogen-bond acceptors (Lipinski definition) is 0. The summed E-state index contributed by atoms with van der Waals surface area (Å²) in [6.45, 7) is 0. The van der Waals surface area contributed by atoms with E-state index in [2.05, 4.69) is 215 Å². The first-order chi connectivity index (χ1) is 27.8. The van der Waals surface area contributed by atoms with Crippen molar-refractivity contribution in [3.8, 4) is 55.9 Å². The normalized spacial score (nSPS) is 12.4. The summed E-state index contributed by atoms with van der Waals surface area (Å²) in [4.78, 5) is 0. The Labute approximate surface area is 326 Å². The van der Waals surface area contributed by atoms with E-state index in [1.54, 1.807) is 0 Å². The van der Waals surface area contributed by atoms with E-state index in [-0.39, 0.29) is 0 Å². The van der Waals surface area contributed by atoms with Crippen LogP contribution in [-0.2, 0) is 6.42 Å². The second-order valence-electron chi connectivity index (χ2n) is 14.8. The number of rotatable bonds is 6. The summed E-state index contributed by atoms with van der Waals surface area (Å²) in [6, 6.07) is 70.9. The molecule has 0 saturated carbocycles. The monoisotopic (exact) mass is 714 g/mol. The molecule has 56 heavy (non-hydrogen) atoms. The van der Waals surface area contributed by atoms with Gasteiger partial charge in [-0.15, -0.1) is 0 Å². The topological polar surface area (TPSA) is 9.86 Å². The van der Waals surface area contributed by atoms with Crippen LogP contribution in [0, 0.1) is 0 Å². The summed E-state index contributed by atoms with van der Waals surface area (Å²) in [6.07, 6.45) is 6.74. The van der Waals surface area contributed by atoms with Crippen molar-refractivity contribution in [3.63, 3.8) is 0 Å². The molecule has 0 spiro atoms. The average Bonchev–Trinajstić information content (AvgIpc) is 3.79. The van der Waals surface area contributed by atoms with E-state index in [1.165, 1.54) is 99.8 Å². The molecule has 0 unspecified atom stereocenters. The molecule has 10 aromatic rings. The highest BCUT2D eigenvalue weighted by atomic mass is 15.0. The van der Waals surface area contributed by atoms with Crippen molar-refractivity contribution in [2.75, 3.05) is 0 Å². The SMILES string of the molecule is C1=Cc2c(n(-c3cccc(-c4ccc(-c5ccccc5)cc4)c3)c3ccc(-c4ccc5c(c4)c4ccccc4n5-c4ccccc4-c4ccccc4)cc23)CC1. The molecule has 8 aromatic carbocycles. The molecule has 0 fully saturated rings. The van der Waals surface area contributed by atoms with E-state index in [0.717, 1.165) is 12.8 Å². The van der Waals surface area contributed by atoms with Gasteiger partial charge in [0.25, 0.3) is 0 Å². The third-order valence-electron chi connectivity index (χ3n) is 11.6. The van der Waals surface area contributed by atoms with E-state index in [4.69, 9.17) is 0 Å². The zero-order chi connectivity index (χ0) is 37.0. The molecular weight excluding hydrogens is 677 g/mol. The fourth-order valence-corrected chi connectivity index (χ4v) is 8.95. The van der Waals surface area contributed by atoms with E-state index < -0.39 is 0 Å². The van der Waals surface area contributed by atoms with Crippen molar-refractivity contribution in [1.82, 2.24) is 9.13 Å². The standard InChI is InChI=1S/C54H38N2/c1-3-14-37(15-4-1)38-26-28-39(29-27-38)41-18-13-19-44(34-41)55-51-24-11-8-21-46(51)48-35-42(30-32-53(48)55)43-31-33-54-49(36-43)47-22-9-12-25-52(47)56(54)50-23-10-7-20-45(50)40-16-5-2-6-17-40/h1-10,12-23,25-36H,11,24H2. The molecule has 0 N–H and O–H groups in total. The van der Waals surface area contributed by atoms with Gasteiger partial charge < -0.3 is 9.13 Å². The van der Waals surface area contributed by atoms with Crippen LogP contribution >= 0.6 is 0 Å². The van der Waals surface area contributed by atoms with Gasteiger partial charge in [-0.3, -0.25) is 0 Å². The fourth-order valence-electron chi connectivity index (χ4n) is 8.95. The van der Waals surface area contributed by atoms with Gasteiger partial charge in [0, 0.05) is 38.7 Å². The maximum Gasteiger partial charge on any atom is 0.0541 e. The molecule has 0 radical (unpaired) electrons. The van der Waals surface area contributed by atoms with Crippen LogP contribution < -0.4 is 0 Å². The summed E-state index contributed by atoms with van der Waals surface area (Å²) < 4.78 is 4.94. The first-order valence-electron chi connectivity index (χ1n) is 19.6. The van der Waals surface area contributed by atoms with Crippen LogP contribution in [0.15, 0.2) is 200 Å². The second-order valence-corrected chi connectivity index (χ2v) is 14.8. The van der Waals surface area contributed by atoms with Gasteiger partial charge in [0.05, 0.1) is 22.2 Å². The molecule has 2 aromatic heterocycles. The third kappa shape index (κ3) is 5.33. The van der Waals surface area contributed by atoms with Gasteiger partial charge >= 0.3 is 0 Å². The number of para-hydroxylation sites is 2. The van der Waals surface area contributed by atoms with Crippen LogP contribution in [0.3, 0.4) is 0 Å². The van der Waals surface area contributed by atoms with Crippen molar-refractivity contribution in [3.05, 3.63) is 211 Å². The third-order valence-corrected chi connectivity index (χ3v) is 11.6. The van der Waals surface area contributed by atoms with E-state index in [9.17, 15) is 0 Å². The molecule has 2 heteroatoms. The number of allylic oxidation sites excluding steroid dienone is 1. The Kier molecular flexibility index (Phi) is 7.67. The predicted molar refractivity (Wildman–Crippen MR) is 237 cm³/mol. The van der Waals surface area contributed by atoms with Crippen LogP contribution in [-0.4, -0.2) is 9.13 Å². The second kappa shape index (κ2) is 13.3. The highest BCUT2D eigenvalue weighted by molar-refractivity contribution is 6.11. The van der Waals surface area contributed by atoms with E-state index in [1.807, 2.05) is 0 Å². The van der Waals surface area contributed by atoms with Crippen molar-refractivity contribution in [1.29, 1.82) is 0 Å². The van der Waals surface area contributed by atoms with Gasteiger partial charge in [0.2, 0.25) is 0 Å². The maximum absolute atomic E-state index is 2.50. The summed E-state index contributed by atoms with van der Waals surface area (Å²) >= 11 is 0. The molecule has 264 valence electrons. The van der Waals surface area contributed by atoms with Gasteiger partial charge in [0.1, 0.15) is 0 Å². The van der Waals surface area contributed by atoms with Gasteiger partial charge in [0.15, 0.2) is 0 Å². The average molecular weight is 715 g/mol. The van der Waals surface area contributed by atoms with Crippen LogP contribution in [0.25, 0.3) is 94.7 Å². The lowest BCUT2D eigenvalue weighted by Gasteiger charge is -2.15. The highest BCUT2D eigenvalue weighted by Crippen LogP contribution is 2.40. The number of hydrogen-bond donors (Lipinski definition) is 0. The number of benzene rings is 8. The van der Waals surface area contributed by atoms with E-state index >= 15 is 0 Å². The minimum absolute atomic E-state index is 1.02. The van der Waals surface area contributed by atoms with Gasteiger partial charge in [-0.2, -0.15) is 0 Å². The van der Waals surface area contributed by atoms with Crippen LogP contribution in [0.4, 0.5) is 0 Å². The fraction of sp³-hybridized carbons (Fsp3) is 0.0370. The minimum Gasteiger partial charge on any atom is -0.313 e. The zero-order valence-electron chi connectivity index (χ0n) is 30.9. The molecule has 0 saturated heterocycles. The number of nitrogens with zero attached hydrogens (tertiary/aromatic N) is 2. The molecule has 11 rings (SSSR count). The van der Waals surface area contributed by atoms with E-state index in [0.29, 0.717) is 0 Å². The lowest BCUT2D eigenvalue weighted by molar-refractivity contribution is 0.889. The minimum atomic E-state index is 1.02. The molecule has 0 amide bonds. The predicted octanol–water partition coefficient (Wildman–Crippen LogP) is 14.4. The summed E-state index contributed by atoms with van der Waals surface area (Å²) in [5.41, 5.74) is 18.6. The van der Waals surface area contributed by atoms with Crippen molar-refractivity contribution < 1.29 is 0 Å². The quantitative estimate of drug-likeness (QED) is 0.162. The van der Waals surface area contributed by atoms with Gasteiger partial charge in [-0.05, 0) is 100 Å². The van der Waals surface area contributed by atoms with Crippen LogP contribution in [0.1, 0.15) is 17.7 Å². The Bertz CT molecular complexity index is 3110. The first-order valence-corrected chi connectivity index (χ1v) is 19.6. The molecule has 1 aliphatic rings. The number of fused-ring (bicyclic) bond motifs is 6. The van der Waals surface area contributed by atoms with Crippen LogP contribution in [0.5, 0.6) is 0 Å². The Morgan fingerprint density at radius 3 is 1.70 bits per heavy atom. The molecular formula is C54H38N2. The Morgan fingerprint density at radius 1 is 0.357 bits per heavy atom. The molecule has 0 bridgehead atoms. The lowest BCUT2D eigenvalue weighted by Crippen LogP contribution is -2.03. The van der Waals surface area contributed by atoms with Crippen molar-refractivity contribution in [2.45, 2.75) is 12.8 Å². The molecule has 2 nitrogen and oxygen atoms in total. The Hall–Kier alpha value is -7.16. The first kappa shape index (κ1) is 32.3. The van der Waals surface area contributed by atoms with Crippen molar-refractivity contribution in [2.24, 2.45) is 0 Å². The Balaban J connectivity index is 1.01. The maximum atomic E-state index is 2.50. The molecule has 2 heterocycles.